The SMILES string of the molecule is Cc1ccc(Sc2ccccc2N(CCNCCO)c2ccccc2)c(C)c1. The Morgan fingerprint density at radius 1 is 0.857 bits per heavy atom. The van der Waals surface area contributed by atoms with Gasteiger partial charge in [0.25, 0.3) is 0 Å². The topological polar surface area (TPSA) is 35.5 Å². The highest BCUT2D eigenvalue weighted by Crippen LogP contribution is 2.39. The van der Waals surface area contributed by atoms with Gasteiger partial charge in [-0.3, -0.25) is 0 Å². The summed E-state index contributed by atoms with van der Waals surface area (Å²) in [5.41, 5.74) is 4.96. The third kappa shape index (κ3) is 5.38. The van der Waals surface area contributed by atoms with Gasteiger partial charge in [-0.15, -0.1) is 0 Å². The summed E-state index contributed by atoms with van der Waals surface area (Å²) in [6.45, 7) is 6.70. The fourth-order valence-electron chi connectivity index (χ4n) is 3.19. The monoisotopic (exact) mass is 392 g/mol. The van der Waals surface area contributed by atoms with Gasteiger partial charge < -0.3 is 15.3 Å². The number of nitrogens with zero attached hydrogens (tertiary/aromatic N) is 1. The van der Waals surface area contributed by atoms with E-state index in [1.807, 2.05) is 17.8 Å². The van der Waals surface area contributed by atoms with Crippen molar-refractivity contribution < 1.29 is 5.11 Å². The number of aryl methyl sites for hydroxylation is 2. The highest BCUT2D eigenvalue weighted by Gasteiger charge is 2.14. The van der Waals surface area contributed by atoms with E-state index in [9.17, 15) is 0 Å². The molecule has 3 rings (SSSR count). The summed E-state index contributed by atoms with van der Waals surface area (Å²) in [5.74, 6) is 0. The molecule has 2 N–H and O–H groups in total. The Labute approximate surface area is 172 Å². The molecule has 0 aliphatic rings. The summed E-state index contributed by atoms with van der Waals surface area (Å²) < 4.78 is 0. The molecule has 0 saturated carbocycles. The van der Waals surface area contributed by atoms with Crippen LogP contribution in [-0.4, -0.2) is 31.3 Å². The first kappa shape index (κ1) is 20.5. The summed E-state index contributed by atoms with van der Waals surface area (Å²) in [6.07, 6.45) is 0. The molecule has 0 saturated heterocycles. The number of rotatable bonds is 9. The van der Waals surface area contributed by atoms with Crippen LogP contribution >= 0.6 is 11.8 Å². The third-order valence-corrected chi connectivity index (χ3v) is 5.82. The number of aliphatic hydroxyl groups excluding tert-OH is 1. The van der Waals surface area contributed by atoms with Crippen LogP contribution in [0.15, 0.2) is 82.6 Å². The molecule has 0 amide bonds. The van der Waals surface area contributed by atoms with Gasteiger partial charge in [0, 0.05) is 35.1 Å². The molecule has 0 aliphatic heterocycles. The molecule has 0 fully saturated rings. The highest BCUT2D eigenvalue weighted by atomic mass is 32.2. The Kier molecular flexibility index (Phi) is 7.54. The molecule has 0 spiro atoms. The molecule has 0 aliphatic carbocycles. The Balaban J connectivity index is 1.91. The first-order valence-electron chi connectivity index (χ1n) is 9.67. The smallest absolute Gasteiger partial charge is 0.0555 e. The maximum atomic E-state index is 9.04. The number of hydrogen-bond donors (Lipinski definition) is 2. The molecular weight excluding hydrogens is 364 g/mol. The van der Waals surface area contributed by atoms with Crippen LogP contribution in [0.4, 0.5) is 11.4 Å². The quantitative estimate of drug-likeness (QED) is 0.492. The van der Waals surface area contributed by atoms with E-state index >= 15 is 0 Å². The van der Waals surface area contributed by atoms with Crippen molar-refractivity contribution in [1.29, 1.82) is 0 Å². The van der Waals surface area contributed by atoms with E-state index in [1.54, 1.807) is 0 Å². The van der Waals surface area contributed by atoms with Gasteiger partial charge in [0.1, 0.15) is 0 Å². The molecule has 0 radical (unpaired) electrons. The Morgan fingerprint density at radius 3 is 2.36 bits per heavy atom. The van der Waals surface area contributed by atoms with E-state index in [0.29, 0.717) is 6.54 Å². The number of benzene rings is 3. The second-order valence-corrected chi connectivity index (χ2v) is 7.88. The van der Waals surface area contributed by atoms with Gasteiger partial charge in [0.15, 0.2) is 0 Å². The van der Waals surface area contributed by atoms with Crippen molar-refractivity contribution in [3.8, 4) is 0 Å². The zero-order valence-electron chi connectivity index (χ0n) is 16.6. The molecule has 0 unspecified atom stereocenters. The standard InChI is InChI=1S/C24H28N2OS/c1-19-12-13-23(20(2)18-19)28-24-11-7-6-10-22(24)26(16-14-25-15-17-27)21-8-4-3-5-9-21/h3-13,18,25,27H,14-17H2,1-2H3. The van der Waals surface area contributed by atoms with Crippen LogP contribution in [0, 0.1) is 13.8 Å². The van der Waals surface area contributed by atoms with Gasteiger partial charge >= 0.3 is 0 Å². The number of aliphatic hydroxyl groups is 1. The van der Waals surface area contributed by atoms with Crippen molar-refractivity contribution in [2.24, 2.45) is 0 Å². The molecule has 4 heteroatoms. The van der Waals surface area contributed by atoms with Crippen LogP contribution in [0.1, 0.15) is 11.1 Å². The van der Waals surface area contributed by atoms with Gasteiger partial charge in [-0.1, -0.05) is 59.8 Å². The second kappa shape index (κ2) is 10.3. The first-order valence-corrected chi connectivity index (χ1v) is 10.5. The summed E-state index contributed by atoms with van der Waals surface area (Å²) >= 11 is 1.81. The van der Waals surface area contributed by atoms with Gasteiger partial charge in [0.05, 0.1) is 12.3 Å². The third-order valence-electron chi connectivity index (χ3n) is 4.58. The van der Waals surface area contributed by atoms with E-state index in [4.69, 9.17) is 5.11 Å². The first-order chi connectivity index (χ1) is 13.7. The minimum Gasteiger partial charge on any atom is -0.395 e. The molecule has 0 bridgehead atoms. The zero-order chi connectivity index (χ0) is 19.8. The predicted octanol–water partition coefficient (Wildman–Crippen LogP) is 5.17. The van der Waals surface area contributed by atoms with Crippen molar-refractivity contribution in [2.45, 2.75) is 23.6 Å². The van der Waals surface area contributed by atoms with Crippen LogP contribution in [0.5, 0.6) is 0 Å². The highest BCUT2D eigenvalue weighted by molar-refractivity contribution is 7.99. The largest absolute Gasteiger partial charge is 0.395 e. The summed E-state index contributed by atoms with van der Waals surface area (Å²) in [4.78, 5) is 4.86. The van der Waals surface area contributed by atoms with E-state index in [0.717, 1.165) is 13.1 Å². The van der Waals surface area contributed by atoms with E-state index in [1.165, 1.54) is 32.3 Å². The summed E-state index contributed by atoms with van der Waals surface area (Å²) in [6, 6.07) is 25.7. The molecule has 3 aromatic carbocycles. The molecule has 0 atom stereocenters. The van der Waals surface area contributed by atoms with Crippen LogP contribution in [0.2, 0.25) is 0 Å². The van der Waals surface area contributed by atoms with Crippen molar-refractivity contribution in [3.63, 3.8) is 0 Å². The molecule has 0 aromatic heterocycles. The number of anilines is 2. The Hall–Kier alpha value is -2.27. The molecule has 3 aromatic rings. The lowest BCUT2D eigenvalue weighted by Crippen LogP contribution is -2.30. The number of hydrogen-bond acceptors (Lipinski definition) is 4. The lowest BCUT2D eigenvalue weighted by atomic mass is 10.2. The van der Waals surface area contributed by atoms with Gasteiger partial charge in [0.2, 0.25) is 0 Å². The average molecular weight is 393 g/mol. The van der Waals surface area contributed by atoms with Crippen LogP contribution in [-0.2, 0) is 0 Å². The van der Waals surface area contributed by atoms with Crippen LogP contribution < -0.4 is 10.2 Å². The Bertz CT molecular complexity index is 883. The van der Waals surface area contributed by atoms with E-state index < -0.39 is 0 Å². The Morgan fingerprint density at radius 2 is 1.61 bits per heavy atom. The average Bonchev–Trinajstić information content (AvgIpc) is 2.71. The van der Waals surface area contributed by atoms with Crippen molar-refractivity contribution >= 4 is 23.1 Å². The van der Waals surface area contributed by atoms with Gasteiger partial charge in [-0.25, -0.2) is 0 Å². The van der Waals surface area contributed by atoms with Gasteiger partial charge in [-0.05, 0) is 49.7 Å². The van der Waals surface area contributed by atoms with E-state index in [2.05, 4.69) is 90.8 Å². The molecular formula is C24H28N2OS. The number of para-hydroxylation sites is 2. The normalized spacial score (nSPS) is 10.8. The van der Waals surface area contributed by atoms with Crippen molar-refractivity contribution in [1.82, 2.24) is 5.32 Å². The fourth-order valence-corrected chi connectivity index (χ4v) is 4.21. The van der Waals surface area contributed by atoms with Crippen molar-refractivity contribution in [2.75, 3.05) is 31.1 Å². The fraction of sp³-hybridized carbons (Fsp3) is 0.250. The lowest BCUT2D eigenvalue weighted by molar-refractivity contribution is 0.293. The summed E-state index contributed by atoms with van der Waals surface area (Å²) in [7, 11) is 0. The maximum Gasteiger partial charge on any atom is 0.0555 e. The van der Waals surface area contributed by atoms with Crippen LogP contribution in [0.25, 0.3) is 0 Å². The summed E-state index contributed by atoms with van der Waals surface area (Å²) in [5, 5.41) is 12.3. The zero-order valence-corrected chi connectivity index (χ0v) is 17.4. The molecule has 146 valence electrons. The number of nitrogens with one attached hydrogen (secondary N) is 1. The van der Waals surface area contributed by atoms with Crippen LogP contribution in [0.3, 0.4) is 0 Å². The minimum atomic E-state index is 0.157. The van der Waals surface area contributed by atoms with Gasteiger partial charge in [-0.2, -0.15) is 0 Å². The van der Waals surface area contributed by atoms with Crippen molar-refractivity contribution in [3.05, 3.63) is 83.9 Å². The lowest BCUT2D eigenvalue weighted by Gasteiger charge is -2.27. The molecule has 3 nitrogen and oxygen atoms in total. The molecule has 28 heavy (non-hydrogen) atoms. The van der Waals surface area contributed by atoms with E-state index in [-0.39, 0.29) is 6.61 Å². The minimum absolute atomic E-state index is 0.157. The second-order valence-electron chi connectivity index (χ2n) is 6.80. The maximum absolute atomic E-state index is 9.04. The predicted molar refractivity (Wildman–Crippen MR) is 120 cm³/mol. The molecule has 0 heterocycles.